The van der Waals surface area contributed by atoms with Gasteiger partial charge >= 0.3 is 0 Å². The van der Waals surface area contributed by atoms with E-state index >= 15 is 0 Å². The van der Waals surface area contributed by atoms with Gasteiger partial charge in [-0.25, -0.2) is 0 Å². The molecule has 76 valence electrons. The predicted octanol–water partition coefficient (Wildman–Crippen LogP) is 3.45. The summed E-state index contributed by atoms with van der Waals surface area (Å²) >= 11 is 0. The molecule has 0 bridgehead atoms. The van der Waals surface area contributed by atoms with Crippen LogP contribution in [0.2, 0.25) is 0 Å². The van der Waals surface area contributed by atoms with Gasteiger partial charge in [0.05, 0.1) is 6.10 Å². The normalized spacial score (nSPS) is 14.4. The van der Waals surface area contributed by atoms with Crippen molar-refractivity contribution >= 4 is 0 Å². The Morgan fingerprint density at radius 1 is 1.00 bits per heavy atom. The fourth-order valence-corrected chi connectivity index (χ4v) is 1.05. The van der Waals surface area contributed by atoms with E-state index < -0.39 is 0 Å². The maximum atomic E-state index is 8.98. The Balaban J connectivity index is 3.17. The molecule has 0 saturated carbocycles. The van der Waals surface area contributed by atoms with Gasteiger partial charge in [0.15, 0.2) is 0 Å². The van der Waals surface area contributed by atoms with Crippen molar-refractivity contribution in [2.75, 3.05) is 0 Å². The molecule has 1 atom stereocenters. The van der Waals surface area contributed by atoms with Gasteiger partial charge < -0.3 is 5.11 Å². The molecule has 0 saturated heterocycles. The van der Waals surface area contributed by atoms with Crippen molar-refractivity contribution < 1.29 is 5.11 Å². The monoisotopic (exact) mass is 182 g/mol. The summed E-state index contributed by atoms with van der Waals surface area (Å²) in [4.78, 5) is 0. The Bertz CT molecular complexity index is 145. The lowest BCUT2D eigenvalue weighted by molar-refractivity contribution is 0.186. The lowest BCUT2D eigenvalue weighted by Crippen LogP contribution is -1.96. The molecule has 13 heavy (non-hydrogen) atoms. The van der Waals surface area contributed by atoms with Gasteiger partial charge in [-0.15, -0.1) is 0 Å². The van der Waals surface area contributed by atoms with E-state index in [1.165, 1.54) is 0 Å². The summed E-state index contributed by atoms with van der Waals surface area (Å²) in [7, 11) is 0. The van der Waals surface area contributed by atoms with E-state index in [1.54, 1.807) is 0 Å². The SMILES string of the molecule is CCC=CCCC=CCCC(C)O. The molecular formula is C12H22O. The largest absolute Gasteiger partial charge is 0.393 e. The van der Waals surface area contributed by atoms with Crippen LogP contribution >= 0.6 is 0 Å². The van der Waals surface area contributed by atoms with Crippen LogP contribution in [0.3, 0.4) is 0 Å². The molecule has 0 aliphatic heterocycles. The van der Waals surface area contributed by atoms with Crippen LogP contribution in [0, 0.1) is 0 Å². The Kier molecular flexibility index (Phi) is 9.12. The number of rotatable bonds is 7. The number of hydrogen-bond acceptors (Lipinski definition) is 1. The topological polar surface area (TPSA) is 20.2 Å². The highest BCUT2D eigenvalue weighted by Crippen LogP contribution is 1.99. The third-order valence-corrected chi connectivity index (χ3v) is 1.82. The van der Waals surface area contributed by atoms with E-state index in [1.807, 2.05) is 6.92 Å². The standard InChI is InChI=1S/C12H22O/c1-3-4-5-6-7-8-9-10-11-12(2)13/h4-5,8-9,12-13H,3,6-7,10-11H2,1-2H3. The van der Waals surface area contributed by atoms with Gasteiger partial charge in [-0.3, -0.25) is 0 Å². The van der Waals surface area contributed by atoms with E-state index in [4.69, 9.17) is 5.11 Å². The number of aliphatic hydroxyl groups excluding tert-OH is 1. The van der Waals surface area contributed by atoms with E-state index in [2.05, 4.69) is 31.2 Å². The van der Waals surface area contributed by atoms with Gasteiger partial charge in [-0.05, 0) is 39.0 Å². The lowest BCUT2D eigenvalue weighted by atomic mass is 10.2. The second-order valence-corrected chi connectivity index (χ2v) is 3.35. The second-order valence-electron chi connectivity index (χ2n) is 3.35. The molecule has 0 aromatic heterocycles. The Morgan fingerprint density at radius 2 is 1.54 bits per heavy atom. The van der Waals surface area contributed by atoms with Gasteiger partial charge in [0.1, 0.15) is 0 Å². The third kappa shape index (κ3) is 11.4. The van der Waals surface area contributed by atoms with Crippen LogP contribution in [0.25, 0.3) is 0 Å². The van der Waals surface area contributed by atoms with E-state index in [0.29, 0.717) is 0 Å². The lowest BCUT2D eigenvalue weighted by Gasteiger charge is -1.97. The fraction of sp³-hybridized carbons (Fsp3) is 0.667. The highest BCUT2D eigenvalue weighted by Gasteiger charge is 1.90. The van der Waals surface area contributed by atoms with Gasteiger partial charge in [-0.1, -0.05) is 31.2 Å². The summed E-state index contributed by atoms with van der Waals surface area (Å²) in [6, 6.07) is 0. The average molecular weight is 182 g/mol. The molecule has 1 heteroatoms. The molecule has 0 spiro atoms. The Morgan fingerprint density at radius 3 is 2.08 bits per heavy atom. The van der Waals surface area contributed by atoms with Crippen LogP contribution in [0.15, 0.2) is 24.3 Å². The summed E-state index contributed by atoms with van der Waals surface area (Å²) in [5.41, 5.74) is 0. The molecule has 0 aliphatic carbocycles. The van der Waals surface area contributed by atoms with Crippen LogP contribution < -0.4 is 0 Å². The summed E-state index contributed by atoms with van der Waals surface area (Å²) in [5, 5.41) is 8.98. The molecule has 0 heterocycles. The van der Waals surface area contributed by atoms with Crippen molar-refractivity contribution in [3.8, 4) is 0 Å². The predicted molar refractivity (Wildman–Crippen MR) is 58.7 cm³/mol. The van der Waals surface area contributed by atoms with Crippen LogP contribution in [0.1, 0.15) is 46.0 Å². The van der Waals surface area contributed by atoms with Crippen molar-refractivity contribution in [2.45, 2.75) is 52.1 Å². The highest BCUT2D eigenvalue weighted by atomic mass is 16.3. The third-order valence-electron chi connectivity index (χ3n) is 1.82. The average Bonchev–Trinajstić information content (AvgIpc) is 2.09. The van der Waals surface area contributed by atoms with Crippen molar-refractivity contribution in [3.63, 3.8) is 0 Å². The maximum Gasteiger partial charge on any atom is 0.0515 e. The molecule has 0 rings (SSSR count). The minimum Gasteiger partial charge on any atom is -0.393 e. The van der Waals surface area contributed by atoms with Gasteiger partial charge in [0, 0.05) is 0 Å². The maximum absolute atomic E-state index is 8.98. The molecule has 0 aromatic rings. The molecule has 0 fully saturated rings. The van der Waals surface area contributed by atoms with Gasteiger partial charge in [0.2, 0.25) is 0 Å². The minimum atomic E-state index is -0.162. The summed E-state index contributed by atoms with van der Waals surface area (Å²) < 4.78 is 0. The fourth-order valence-electron chi connectivity index (χ4n) is 1.05. The minimum absolute atomic E-state index is 0.162. The molecule has 0 radical (unpaired) electrons. The van der Waals surface area contributed by atoms with Gasteiger partial charge in [-0.2, -0.15) is 0 Å². The van der Waals surface area contributed by atoms with Crippen LogP contribution in [-0.2, 0) is 0 Å². The summed E-state index contributed by atoms with van der Waals surface area (Å²) in [6.07, 6.45) is 13.9. The highest BCUT2D eigenvalue weighted by molar-refractivity contribution is 4.87. The van der Waals surface area contributed by atoms with Crippen molar-refractivity contribution in [3.05, 3.63) is 24.3 Å². The van der Waals surface area contributed by atoms with E-state index in [-0.39, 0.29) is 6.10 Å². The van der Waals surface area contributed by atoms with E-state index in [0.717, 1.165) is 32.1 Å². The smallest absolute Gasteiger partial charge is 0.0515 e. The van der Waals surface area contributed by atoms with E-state index in [9.17, 15) is 0 Å². The first kappa shape index (κ1) is 12.4. The summed E-state index contributed by atoms with van der Waals surface area (Å²) in [6.45, 7) is 3.98. The van der Waals surface area contributed by atoms with Crippen molar-refractivity contribution in [2.24, 2.45) is 0 Å². The molecular weight excluding hydrogens is 160 g/mol. The first-order chi connectivity index (χ1) is 6.27. The molecule has 1 N–H and O–H groups in total. The first-order valence-electron chi connectivity index (χ1n) is 5.25. The number of aliphatic hydroxyl groups is 1. The quantitative estimate of drug-likeness (QED) is 0.472. The zero-order valence-corrected chi connectivity index (χ0v) is 8.87. The van der Waals surface area contributed by atoms with Gasteiger partial charge in [0.25, 0.3) is 0 Å². The van der Waals surface area contributed by atoms with Crippen molar-refractivity contribution in [1.29, 1.82) is 0 Å². The Labute approximate surface area is 82.2 Å². The Hall–Kier alpha value is -0.560. The first-order valence-corrected chi connectivity index (χ1v) is 5.25. The number of hydrogen-bond donors (Lipinski definition) is 1. The van der Waals surface area contributed by atoms with Crippen LogP contribution in [-0.4, -0.2) is 11.2 Å². The molecule has 0 amide bonds. The zero-order valence-electron chi connectivity index (χ0n) is 8.87. The zero-order chi connectivity index (χ0) is 9.94. The second kappa shape index (κ2) is 9.53. The number of allylic oxidation sites excluding steroid dienone is 4. The van der Waals surface area contributed by atoms with Crippen molar-refractivity contribution in [1.82, 2.24) is 0 Å². The van der Waals surface area contributed by atoms with Crippen LogP contribution in [0.4, 0.5) is 0 Å². The molecule has 0 aromatic carbocycles. The number of unbranched alkanes of at least 4 members (excludes halogenated alkanes) is 1. The molecule has 1 nitrogen and oxygen atoms in total. The molecule has 0 aliphatic rings. The van der Waals surface area contributed by atoms with Crippen LogP contribution in [0.5, 0.6) is 0 Å². The summed E-state index contributed by atoms with van der Waals surface area (Å²) in [5.74, 6) is 0. The molecule has 1 unspecified atom stereocenters.